The summed E-state index contributed by atoms with van der Waals surface area (Å²) < 4.78 is 25.0. The first-order valence-corrected chi connectivity index (χ1v) is 6.92. The molecule has 1 aliphatic heterocycles. The average Bonchev–Trinajstić information content (AvgIpc) is 2.26. The summed E-state index contributed by atoms with van der Waals surface area (Å²) in [7, 11) is -3.76. The second-order valence-electron chi connectivity index (χ2n) is 3.95. The van der Waals surface area contributed by atoms with Crippen LogP contribution in [0.2, 0.25) is 0 Å². The van der Waals surface area contributed by atoms with Crippen LogP contribution in [-0.4, -0.2) is 31.8 Å². The number of aryl methyl sites for hydroxylation is 1. The van der Waals surface area contributed by atoms with Crippen molar-refractivity contribution in [2.24, 2.45) is 0 Å². The number of rotatable bonds is 3. The van der Waals surface area contributed by atoms with Crippen molar-refractivity contribution in [3.8, 4) is 0 Å². The van der Waals surface area contributed by atoms with E-state index in [0.29, 0.717) is 12.2 Å². The summed E-state index contributed by atoms with van der Waals surface area (Å²) in [5, 5.41) is 8.62. The molecule has 17 heavy (non-hydrogen) atoms. The van der Waals surface area contributed by atoms with Crippen molar-refractivity contribution in [3.63, 3.8) is 0 Å². The van der Waals surface area contributed by atoms with Crippen molar-refractivity contribution in [3.05, 3.63) is 29.8 Å². The molecule has 0 aromatic heterocycles. The van der Waals surface area contributed by atoms with E-state index in [1.54, 1.807) is 12.1 Å². The predicted octanol–water partition coefficient (Wildman–Crippen LogP) is 0.854. The molecular weight excluding hydrogens is 242 g/mol. The highest BCUT2D eigenvalue weighted by atomic mass is 32.2. The molecule has 1 aromatic carbocycles. The standard InChI is InChI=1S/C11H13NO4S/c13-11(14)8-17(15,16)12-7-3-5-9-4-1-2-6-10(9)12/h1-2,4,6H,3,5,7-8H2,(H,13,14). The van der Waals surface area contributed by atoms with Gasteiger partial charge >= 0.3 is 5.97 Å². The fourth-order valence-electron chi connectivity index (χ4n) is 2.02. The highest BCUT2D eigenvalue weighted by Gasteiger charge is 2.28. The molecule has 0 saturated heterocycles. The van der Waals surface area contributed by atoms with E-state index >= 15 is 0 Å². The number of nitrogens with zero attached hydrogens (tertiary/aromatic N) is 1. The molecule has 0 spiro atoms. The second-order valence-corrected chi connectivity index (χ2v) is 5.85. The number of fused-ring (bicyclic) bond motifs is 1. The minimum Gasteiger partial charge on any atom is -0.480 e. The smallest absolute Gasteiger partial charge is 0.320 e. The van der Waals surface area contributed by atoms with Crippen molar-refractivity contribution in [2.45, 2.75) is 12.8 Å². The Morgan fingerprint density at radius 3 is 2.76 bits per heavy atom. The maximum atomic E-state index is 11.9. The number of hydrogen-bond donors (Lipinski definition) is 1. The first-order chi connectivity index (χ1) is 8.00. The van der Waals surface area contributed by atoms with Crippen molar-refractivity contribution >= 4 is 21.7 Å². The molecule has 1 heterocycles. The summed E-state index contributed by atoms with van der Waals surface area (Å²) in [5.41, 5.74) is 1.56. The van der Waals surface area contributed by atoms with Crippen LogP contribution in [0, 0.1) is 0 Å². The fourth-order valence-corrected chi connectivity index (χ4v) is 3.37. The number of hydrogen-bond acceptors (Lipinski definition) is 3. The van der Waals surface area contributed by atoms with E-state index in [1.165, 1.54) is 4.31 Å². The van der Waals surface area contributed by atoms with Gasteiger partial charge in [0.2, 0.25) is 10.0 Å². The summed E-state index contributed by atoms with van der Waals surface area (Å²) >= 11 is 0. The van der Waals surface area contributed by atoms with E-state index in [-0.39, 0.29) is 0 Å². The van der Waals surface area contributed by atoms with Crippen LogP contribution in [0.25, 0.3) is 0 Å². The van der Waals surface area contributed by atoms with Crippen molar-refractivity contribution in [1.82, 2.24) is 0 Å². The minimum atomic E-state index is -3.76. The minimum absolute atomic E-state index is 0.354. The zero-order chi connectivity index (χ0) is 12.5. The maximum Gasteiger partial charge on any atom is 0.320 e. The number of carbonyl (C=O) groups is 1. The molecular formula is C11H13NO4S. The van der Waals surface area contributed by atoms with Gasteiger partial charge < -0.3 is 5.11 Å². The lowest BCUT2D eigenvalue weighted by atomic mass is 10.0. The lowest BCUT2D eigenvalue weighted by Gasteiger charge is -2.29. The van der Waals surface area contributed by atoms with Gasteiger partial charge in [0.25, 0.3) is 0 Å². The summed E-state index contributed by atoms with van der Waals surface area (Å²) in [6.07, 6.45) is 1.55. The molecule has 0 aliphatic carbocycles. The molecule has 1 N–H and O–H groups in total. The average molecular weight is 255 g/mol. The molecule has 0 saturated carbocycles. The Bertz CT molecular complexity index is 538. The zero-order valence-electron chi connectivity index (χ0n) is 9.17. The molecule has 6 heteroatoms. The van der Waals surface area contributed by atoms with Crippen molar-refractivity contribution in [2.75, 3.05) is 16.6 Å². The third-order valence-corrected chi connectivity index (χ3v) is 4.37. The monoisotopic (exact) mass is 255 g/mol. The summed E-state index contributed by atoms with van der Waals surface area (Å²) in [6, 6.07) is 7.20. The first-order valence-electron chi connectivity index (χ1n) is 5.31. The van der Waals surface area contributed by atoms with Gasteiger partial charge in [0, 0.05) is 6.54 Å². The summed E-state index contributed by atoms with van der Waals surface area (Å²) in [5.74, 6) is -2.19. The Balaban J connectivity index is 2.39. The van der Waals surface area contributed by atoms with Gasteiger partial charge in [-0.1, -0.05) is 18.2 Å². The van der Waals surface area contributed by atoms with Crippen LogP contribution in [0.4, 0.5) is 5.69 Å². The van der Waals surface area contributed by atoms with Crippen LogP contribution in [0.1, 0.15) is 12.0 Å². The third-order valence-electron chi connectivity index (χ3n) is 2.71. The van der Waals surface area contributed by atoms with Crippen LogP contribution < -0.4 is 4.31 Å². The van der Waals surface area contributed by atoms with Gasteiger partial charge in [-0.15, -0.1) is 0 Å². The molecule has 2 rings (SSSR count). The molecule has 0 unspecified atom stereocenters. The van der Waals surface area contributed by atoms with E-state index in [1.807, 2.05) is 12.1 Å². The first kappa shape index (κ1) is 11.9. The molecule has 0 radical (unpaired) electrons. The van der Waals surface area contributed by atoms with Crippen molar-refractivity contribution in [1.29, 1.82) is 0 Å². The maximum absolute atomic E-state index is 11.9. The summed E-state index contributed by atoms with van der Waals surface area (Å²) in [4.78, 5) is 10.6. The van der Waals surface area contributed by atoms with Crippen LogP contribution in [0.3, 0.4) is 0 Å². The van der Waals surface area contributed by atoms with Crippen LogP contribution in [0.5, 0.6) is 0 Å². The highest BCUT2D eigenvalue weighted by Crippen LogP contribution is 2.28. The van der Waals surface area contributed by atoms with Crippen LogP contribution in [-0.2, 0) is 21.2 Å². The van der Waals surface area contributed by atoms with Gasteiger partial charge in [-0.3, -0.25) is 9.10 Å². The number of anilines is 1. The SMILES string of the molecule is O=C(O)CS(=O)(=O)N1CCCc2ccccc21. The Kier molecular flexibility index (Phi) is 3.06. The molecule has 0 bridgehead atoms. The molecule has 5 nitrogen and oxygen atoms in total. The Morgan fingerprint density at radius 2 is 2.06 bits per heavy atom. The Labute approximate surface area is 99.7 Å². The normalized spacial score (nSPS) is 15.4. The van der Waals surface area contributed by atoms with E-state index in [4.69, 9.17) is 5.11 Å². The van der Waals surface area contributed by atoms with E-state index in [2.05, 4.69) is 0 Å². The number of sulfonamides is 1. The van der Waals surface area contributed by atoms with E-state index in [0.717, 1.165) is 18.4 Å². The summed E-state index contributed by atoms with van der Waals surface area (Å²) in [6.45, 7) is 0.354. The molecule has 92 valence electrons. The molecule has 0 atom stereocenters. The van der Waals surface area contributed by atoms with Gasteiger partial charge in [0.15, 0.2) is 5.75 Å². The number of carboxylic acids is 1. The quantitative estimate of drug-likeness (QED) is 0.869. The second kappa shape index (κ2) is 4.37. The number of carboxylic acid groups (broad SMARTS) is 1. The van der Waals surface area contributed by atoms with Gasteiger partial charge in [0.05, 0.1) is 5.69 Å². The molecule has 1 aromatic rings. The largest absolute Gasteiger partial charge is 0.480 e. The fraction of sp³-hybridized carbons (Fsp3) is 0.364. The van der Waals surface area contributed by atoms with E-state index < -0.39 is 21.7 Å². The third kappa shape index (κ3) is 2.41. The topological polar surface area (TPSA) is 74.7 Å². The van der Waals surface area contributed by atoms with E-state index in [9.17, 15) is 13.2 Å². The van der Waals surface area contributed by atoms with Gasteiger partial charge in [-0.2, -0.15) is 0 Å². The predicted molar refractivity (Wildman–Crippen MR) is 63.5 cm³/mol. The van der Waals surface area contributed by atoms with Gasteiger partial charge in [0.1, 0.15) is 0 Å². The zero-order valence-corrected chi connectivity index (χ0v) is 9.98. The highest BCUT2D eigenvalue weighted by molar-refractivity contribution is 7.93. The van der Waals surface area contributed by atoms with Gasteiger partial charge in [-0.05, 0) is 24.5 Å². The molecule has 1 aliphatic rings. The van der Waals surface area contributed by atoms with Crippen LogP contribution in [0.15, 0.2) is 24.3 Å². The lowest BCUT2D eigenvalue weighted by Crippen LogP contribution is -2.38. The molecule has 0 amide bonds. The number of benzene rings is 1. The lowest BCUT2D eigenvalue weighted by molar-refractivity contribution is -0.134. The Hall–Kier alpha value is -1.56. The number of para-hydroxylation sites is 1. The van der Waals surface area contributed by atoms with Crippen LogP contribution >= 0.6 is 0 Å². The van der Waals surface area contributed by atoms with Gasteiger partial charge in [-0.25, -0.2) is 8.42 Å². The van der Waals surface area contributed by atoms with Crippen molar-refractivity contribution < 1.29 is 18.3 Å². The number of aliphatic carboxylic acids is 1. The molecule has 0 fully saturated rings. The Morgan fingerprint density at radius 1 is 1.35 bits per heavy atom.